The van der Waals surface area contributed by atoms with Crippen molar-refractivity contribution >= 4 is 29.6 Å². The van der Waals surface area contributed by atoms with Gasteiger partial charge in [0.15, 0.2) is 0 Å². The zero-order valence-electron chi connectivity index (χ0n) is 13.9. The van der Waals surface area contributed by atoms with Crippen LogP contribution >= 0.6 is 0 Å². The summed E-state index contributed by atoms with van der Waals surface area (Å²) >= 11 is 0. The van der Waals surface area contributed by atoms with Crippen LogP contribution in [0.4, 0.5) is 0 Å². The minimum absolute atomic E-state index is 0. The van der Waals surface area contributed by atoms with Crippen LogP contribution in [0.1, 0.15) is 97.3 Å². The molecule has 1 N–H and O–H groups in total. The number of hydrogen-bond acceptors (Lipinski definition) is 1. The maximum Gasteiger partial charge on any atom is 0.0431 e. The Bertz CT molecular complexity index is 150. The summed E-state index contributed by atoms with van der Waals surface area (Å²) in [6.45, 7) is 5.08. The van der Waals surface area contributed by atoms with E-state index >= 15 is 0 Å². The number of unbranched alkanes of at least 4 members (excludes halogenated alkanes) is 9. The topological polar surface area (TPSA) is 20.2 Å². The summed E-state index contributed by atoms with van der Waals surface area (Å²) in [4.78, 5) is 0. The molecule has 1 nitrogen and oxygen atoms in total. The predicted molar refractivity (Wildman–Crippen MR) is 87.7 cm³/mol. The normalized spacial score (nSPS) is 12.2. The molecule has 0 saturated carbocycles. The van der Waals surface area contributed by atoms with Crippen molar-refractivity contribution in [1.82, 2.24) is 0 Å². The van der Waals surface area contributed by atoms with E-state index in [-0.39, 0.29) is 29.6 Å². The third kappa shape index (κ3) is 19.0. The largest absolute Gasteiger partial charge is 0.396 e. The Morgan fingerprint density at radius 3 is 1.58 bits per heavy atom. The molecule has 1 atom stereocenters. The Morgan fingerprint density at radius 1 is 0.684 bits per heavy atom. The quantitative estimate of drug-likeness (QED) is 0.337. The molecule has 0 aromatic carbocycles. The molecule has 111 valence electrons. The van der Waals surface area contributed by atoms with Gasteiger partial charge in [-0.1, -0.05) is 90.9 Å². The van der Waals surface area contributed by atoms with E-state index in [0.717, 1.165) is 12.3 Å². The van der Waals surface area contributed by atoms with E-state index in [4.69, 9.17) is 5.11 Å². The van der Waals surface area contributed by atoms with Gasteiger partial charge >= 0.3 is 0 Å². The van der Waals surface area contributed by atoms with Crippen molar-refractivity contribution in [3.63, 3.8) is 0 Å². The molecule has 0 amide bonds. The average molecular weight is 279 g/mol. The van der Waals surface area contributed by atoms with Crippen molar-refractivity contribution in [1.29, 1.82) is 0 Å². The van der Waals surface area contributed by atoms with Crippen molar-refractivity contribution in [2.45, 2.75) is 97.3 Å². The summed E-state index contributed by atoms with van der Waals surface area (Å²) in [5.74, 6) is 0.941. The van der Waals surface area contributed by atoms with Crippen LogP contribution in [0.5, 0.6) is 0 Å². The molecule has 2 heteroatoms. The van der Waals surface area contributed by atoms with E-state index in [1.54, 1.807) is 0 Å². The Labute approximate surface area is 144 Å². The van der Waals surface area contributed by atoms with E-state index in [1.807, 2.05) is 0 Å². The molecule has 1 radical (unpaired) electrons. The van der Waals surface area contributed by atoms with Crippen molar-refractivity contribution < 1.29 is 5.11 Å². The minimum Gasteiger partial charge on any atom is -0.396 e. The van der Waals surface area contributed by atoms with Gasteiger partial charge in [-0.25, -0.2) is 0 Å². The van der Waals surface area contributed by atoms with Crippen LogP contribution in [-0.2, 0) is 0 Å². The minimum atomic E-state index is 0. The number of hydrogen-bond donors (Lipinski definition) is 1. The molecule has 0 saturated heterocycles. The molecule has 0 fully saturated rings. The van der Waals surface area contributed by atoms with Gasteiger partial charge in [-0.3, -0.25) is 0 Å². The fraction of sp³-hybridized carbons (Fsp3) is 1.00. The van der Waals surface area contributed by atoms with E-state index in [1.165, 1.54) is 77.0 Å². The summed E-state index contributed by atoms with van der Waals surface area (Å²) in [7, 11) is 0. The molecule has 0 bridgehead atoms. The number of aliphatic hydroxyl groups is 1. The van der Waals surface area contributed by atoms with Crippen molar-refractivity contribution in [2.75, 3.05) is 6.61 Å². The first-order chi connectivity index (χ1) is 8.81. The van der Waals surface area contributed by atoms with Gasteiger partial charge in [-0.2, -0.15) is 0 Å². The summed E-state index contributed by atoms with van der Waals surface area (Å²) in [5, 5.41) is 8.67. The molecule has 0 aliphatic carbocycles. The van der Waals surface area contributed by atoms with Crippen LogP contribution in [0.15, 0.2) is 0 Å². The van der Waals surface area contributed by atoms with Crippen LogP contribution in [0.2, 0.25) is 0 Å². The molecular formula is C17H36NaO. The van der Waals surface area contributed by atoms with Crippen molar-refractivity contribution in [3.8, 4) is 0 Å². The number of aliphatic hydroxyl groups excluding tert-OH is 1. The zero-order valence-corrected chi connectivity index (χ0v) is 15.9. The van der Waals surface area contributed by atoms with Gasteiger partial charge in [-0.15, -0.1) is 0 Å². The average Bonchev–Trinajstić information content (AvgIpc) is 2.38. The Hall–Kier alpha value is 0.960. The van der Waals surface area contributed by atoms with Gasteiger partial charge < -0.3 is 5.11 Å². The summed E-state index contributed by atoms with van der Waals surface area (Å²) in [6.07, 6.45) is 17.6. The first-order valence-electron chi connectivity index (χ1n) is 8.42. The van der Waals surface area contributed by atoms with Gasteiger partial charge in [-0.05, 0) is 12.3 Å². The number of rotatable bonds is 14. The second-order valence-corrected chi connectivity index (χ2v) is 5.94. The van der Waals surface area contributed by atoms with E-state index in [2.05, 4.69) is 13.8 Å². The first-order valence-corrected chi connectivity index (χ1v) is 8.42. The van der Waals surface area contributed by atoms with Crippen LogP contribution < -0.4 is 0 Å². The van der Waals surface area contributed by atoms with Gasteiger partial charge in [0.25, 0.3) is 0 Å². The molecule has 0 spiro atoms. The Balaban J connectivity index is 0. The van der Waals surface area contributed by atoms with Crippen molar-refractivity contribution in [2.24, 2.45) is 5.92 Å². The molecule has 19 heavy (non-hydrogen) atoms. The monoisotopic (exact) mass is 279 g/mol. The molecule has 0 aliphatic heterocycles. The zero-order chi connectivity index (χ0) is 13.5. The molecule has 0 rings (SSSR count). The van der Waals surface area contributed by atoms with Gasteiger partial charge in [0.05, 0.1) is 0 Å². The van der Waals surface area contributed by atoms with E-state index in [0.29, 0.717) is 6.61 Å². The molecule has 0 heterocycles. The third-order valence-corrected chi connectivity index (χ3v) is 3.91. The fourth-order valence-corrected chi connectivity index (χ4v) is 2.55. The molecule has 0 aliphatic rings. The maximum atomic E-state index is 8.67. The van der Waals surface area contributed by atoms with Crippen molar-refractivity contribution in [3.05, 3.63) is 0 Å². The standard InChI is InChI=1S/C17H36O.Na/c1-3-4-5-11-14-17(2)15-12-9-7-6-8-10-13-16-18;/h17-18H,3-16H2,1-2H3;. The van der Waals surface area contributed by atoms with Gasteiger partial charge in [0.1, 0.15) is 0 Å². The third-order valence-electron chi connectivity index (χ3n) is 3.91. The second kappa shape index (κ2) is 19.0. The van der Waals surface area contributed by atoms with Crippen LogP contribution in [0, 0.1) is 5.92 Å². The van der Waals surface area contributed by atoms with Crippen LogP contribution in [-0.4, -0.2) is 41.3 Å². The summed E-state index contributed by atoms with van der Waals surface area (Å²) < 4.78 is 0. The second-order valence-electron chi connectivity index (χ2n) is 5.94. The van der Waals surface area contributed by atoms with Gasteiger partial charge in [0, 0.05) is 36.2 Å². The first kappa shape index (κ1) is 22.2. The molecule has 0 aromatic heterocycles. The fourth-order valence-electron chi connectivity index (χ4n) is 2.55. The van der Waals surface area contributed by atoms with E-state index in [9.17, 15) is 0 Å². The molecular weight excluding hydrogens is 243 g/mol. The van der Waals surface area contributed by atoms with E-state index < -0.39 is 0 Å². The molecule has 1 unspecified atom stereocenters. The summed E-state index contributed by atoms with van der Waals surface area (Å²) in [6, 6.07) is 0. The summed E-state index contributed by atoms with van der Waals surface area (Å²) in [5.41, 5.74) is 0. The van der Waals surface area contributed by atoms with Crippen LogP contribution in [0.3, 0.4) is 0 Å². The Morgan fingerprint density at radius 2 is 1.11 bits per heavy atom. The maximum absolute atomic E-state index is 8.67. The predicted octanol–water partition coefficient (Wildman–Crippen LogP) is 5.33. The van der Waals surface area contributed by atoms with Gasteiger partial charge in [0.2, 0.25) is 0 Å². The molecule has 0 aromatic rings. The Kier molecular flexibility index (Phi) is 22.2. The van der Waals surface area contributed by atoms with Crippen LogP contribution in [0.25, 0.3) is 0 Å². The smallest absolute Gasteiger partial charge is 0.0431 e. The SMILES string of the molecule is CCCCCCC(C)CCCCCCCCCO.[Na].